The van der Waals surface area contributed by atoms with Crippen LogP contribution in [0.3, 0.4) is 0 Å². The molecule has 2 aliphatic rings. The molecule has 5 nitrogen and oxygen atoms in total. The van der Waals surface area contributed by atoms with E-state index in [1.54, 1.807) is 0 Å². The van der Waals surface area contributed by atoms with Gasteiger partial charge in [0.25, 0.3) is 5.82 Å². The summed E-state index contributed by atoms with van der Waals surface area (Å²) in [5.41, 5.74) is 12.9. The highest BCUT2D eigenvalue weighted by Gasteiger charge is 2.47. The molecule has 53 heavy (non-hydrogen) atoms. The number of para-hydroxylation sites is 4. The zero-order valence-corrected chi connectivity index (χ0v) is 32.4. The lowest BCUT2D eigenvalue weighted by Gasteiger charge is -2.31. The molecule has 3 aromatic heterocycles. The highest BCUT2D eigenvalue weighted by Crippen LogP contribution is 2.47. The van der Waals surface area contributed by atoms with Gasteiger partial charge in [0.2, 0.25) is 11.7 Å². The Labute approximate surface area is 311 Å². The summed E-state index contributed by atoms with van der Waals surface area (Å²) in [6.07, 6.45) is 2.49. The second kappa shape index (κ2) is 11.8. The summed E-state index contributed by atoms with van der Waals surface area (Å²) in [6, 6.07) is 42.2. The van der Waals surface area contributed by atoms with Crippen molar-refractivity contribution in [2.24, 2.45) is 0 Å². The van der Waals surface area contributed by atoms with Gasteiger partial charge in [-0.25, -0.2) is 4.57 Å². The van der Waals surface area contributed by atoms with E-state index in [2.05, 4.69) is 176 Å². The van der Waals surface area contributed by atoms with Gasteiger partial charge in [-0.3, -0.25) is 0 Å². The number of pyridine rings is 1. The summed E-state index contributed by atoms with van der Waals surface area (Å²) in [5, 5.41) is 3.83. The van der Waals surface area contributed by atoms with Crippen LogP contribution in [0.25, 0.3) is 61.3 Å². The van der Waals surface area contributed by atoms with Crippen LogP contribution in [0, 0.1) is 6.92 Å². The van der Waals surface area contributed by atoms with E-state index in [-0.39, 0.29) is 12.0 Å². The van der Waals surface area contributed by atoms with Crippen molar-refractivity contribution in [2.45, 2.75) is 64.8 Å². The zero-order valence-electron chi connectivity index (χ0n) is 31.4. The van der Waals surface area contributed by atoms with Crippen LogP contribution in [0.1, 0.15) is 48.4 Å². The molecule has 0 spiro atoms. The average Bonchev–Trinajstić information content (AvgIpc) is 3.70. The molecule has 0 amide bonds. The van der Waals surface area contributed by atoms with E-state index >= 15 is 0 Å². The maximum absolute atomic E-state index is 7.06. The van der Waals surface area contributed by atoms with Crippen molar-refractivity contribution in [1.82, 2.24) is 4.57 Å². The van der Waals surface area contributed by atoms with Crippen LogP contribution in [0.4, 0.5) is 0 Å². The molecule has 0 saturated carbocycles. The van der Waals surface area contributed by atoms with E-state index < -0.39 is 8.07 Å². The number of ether oxygens (including phenoxy) is 1. The molecule has 0 saturated heterocycles. The Bertz CT molecular complexity index is 2750. The third-order valence-electron chi connectivity index (χ3n) is 11.8. The number of furan rings is 1. The van der Waals surface area contributed by atoms with Gasteiger partial charge in [0.05, 0.1) is 19.6 Å². The van der Waals surface area contributed by atoms with Gasteiger partial charge in [0.1, 0.15) is 34.7 Å². The molecule has 2 unspecified atom stereocenters. The van der Waals surface area contributed by atoms with Crippen molar-refractivity contribution >= 4 is 46.2 Å². The van der Waals surface area contributed by atoms with Gasteiger partial charge < -0.3 is 9.15 Å². The Morgan fingerprint density at radius 1 is 0.811 bits per heavy atom. The molecule has 5 aromatic carbocycles. The van der Waals surface area contributed by atoms with E-state index in [1.165, 1.54) is 54.9 Å². The van der Waals surface area contributed by atoms with E-state index in [0.29, 0.717) is 12.5 Å². The van der Waals surface area contributed by atoms with Crippen LogP contribution in [0.15, 0.2) is 126 Å². The molecule has 262 valence electrons. The molecule has 2 atom stereocenters. The maximum atomic E-state index is 7.06. The van der Waals surface area contributed by atoms with Crippen molar-refractivity contribution in [3.8, 4) is 34.1 Å². The lowest BCUT2D eigenvalue weighted by molar-refractivity contribution is -0.734. The molecule has 10 rings (SSSR count). The Kier molecular flexibility index (Phi) is 7.15. The Balaban J connectivity index is 1.30. The van der Waals surface area contributed by atoms with Crippen molar-refractivity contribution in [2.75, 3.05) is 6.61 Å². The van der Waals surface area contributed by atoms with Crippen LogP contribution in [0.5, 0.6) is 5.75 Å². The lowest BCUT2D eigenvalue weighted by atomic mass is 9.81. The van der Waals surface area contributed by atoms with Gasteiger partial charge in [-0.1, -0.05) is 100 Å². The molecular formula is C47H45N3O2Si+2. The monoisotopic (exact) mass is 711 g/mol. The maximum Gasteiger partial charge on any atom is 0.298 e. The van der Waals surface area contributed by atoms with E-state index in [1.807, 2.05) is 0 Å². The second-order valence-electron chi connectivity index (χ2n) is 16.4. The molecule has 0 aliphatic carbocycles. The van der Waals surface area contributed by atoms with Crippen LogP contribution < -0.4 is 19.1 Å². The van der Waals surface area contributed by atoms with Crippen molar-refractivity contribution < 1.29 is 18.3 Å². The number of hydrogen-bond donors (Lipinski definition) is 0. The third kappa shape index (κ3) is 4.88. The van der Waals surface area contributed by atoms with Crippen molar-refractivity contribution in [3.05, 3.63) is 138 Å². The lowest BCUT2D eigenvalue weighted by Crippen LogP contribution is -2.56. The third-order valence-corrected chi connectivity index (χ3v) is 13.9. The van der Waals surface area contributed by atoms with Gasteiger partial charge in [-0.2, -0.15) is 9.13 Å². The van der Waals surface area contributed by atoms with Crippen molar-refractivity contribution in [1.29, 1.82) is 0 Å². The van der Waals surface area contributed by atoms with E-state index in [9.17, 15) is 0 Å². The topological polar surface area (TPSA) is 35.1 Å². The number of hydrogen-bond acceptors (Lipinski definition) is 2. The molecule has 0 fully saturated rings. The first-order valence-corrected chi connectivity index (χ1v) is 22.5. The number of nitrogens with zero attached hydrogens (tertiary/aromatic N) is 3. The molecule has 6 heteroatoms. The Morgan fingerprint density at radius 2 is 1.57 bits per heavy atom. The first-order chi connectivity index (χ1) is 25.7. The molecule has 2 aliphatic heterocycles. The SMILES string of the molecule is Cc1cc2[n+](cc1[Si](C)(C)C)C1COc3ccccc3-c3n(-c4ccccc4)c4ccccc4[n+]3CC1c1ccc3c(oc4cc(C(C)C)ccc43)c1-2. The predicted octanol–water partition coefficient (Wildman–Crippen LogP) is 10.1. The summed E-state index contributed by atoms with van der Waals surface area (Å²) >= 11 is 0. The highest BCUT2D eigenvalue weighted by atomic mass is 28.3. The van der Waals surface area contributed by atoms with Crippen LogP contribution >= 0.6 is 0 Å². The second-order valence-corrected chi connectivity index (χ2v) is 21.4. The largest absolute Gasteiger partial charge is 0.486 e. The average molecular weight is 712 g/mol. The predicted molar refractivity (Wildman–Crippen MR) is 217 cm³/mol. The summed E-state index contributed by atoms with van der Waals surface area (Å²) in [5.74, 6) is 2.55. The van der Waals surface area contributed by atoms with Gasteiger partial charge in [-0.05, 0) is 72.0 Å². The van der Waals surface area contributed by atoms with Crippen LogP contribution in [-0.4, -0.2) is 19.2 Å². The number of benzene rings is 5. The molecule has 0 N–H and O–H groups in total. The van der Waals surface area contributed by atoms with Gasteiger partial charge in [-0.15, -0.1) is 0 Å². The number of aromatic nitrogens is 3. The van der Waals surface area contributed by atoms with E-state index in [0.717, 1.165) is 40.5 Å². The van der Waals surface area contributed by atoms with Gasteiger partial charge in [0.15, 0.2) is 23.8 Å². The molecule has 0 radical (unpaired) electrons. The summed E-state index contributed by atoms with van der Waals surface area (Å²) in [7, 11) is -1.69. The number of imidazole rings is 1. The van der Waals surface area contributed by atoms with E-state index in [4.69, 9.17) is 9.15 Å². The van der Waals surface area contributed by atoms with Crippen LogP contribution in [0.2, 0.25) is 19.6 Å². The van der Waals surface area contributed by atoms with Crippen LogP contribution in [-0.2, 0) is 6.54 Å². The minimum Gasteiger partial charge on any atom is -0.486 e. The minimum absolute atomic E-state index is 0.0490. The van der Waals surface area contributed by atoms with Gasteiger partial charge >= 0.3 is 0 Å². The number of fused-ring (bicyclic) bond motifs is 15. The standard InChI is InChI=1S/C47H45N3O2Si/c1-29(2)31-20-21-33-35-23-22-34-37-26-49-38-17-11-12-18-39(38)50(32-14-8-7-9-15-32)47(49)36-16-10-13-19-42(36)51-28-41(37)48-27-44(53(4,5)6)30(3)24-40(48)45(34)46(35)52-43(33)25-31/h7-25,27,29,37,41H,26,28H2,1-6H3/q+2. The quantitative estimate of drug-likeness (QED) is 0.135. The first kappa shape index (κ1) is 32.2. The first-order valence-electron chi connectivity index (χ1n) is 19.0. The fraction of sp³-hybridized carbons (Fsp3) is 0.234. The smallest absolute Gasteiger partial charge is 0.298 e. The summed E-state index contributed by atoms with van der Waals surface area (Å²) in [6.45, 7) is 15.5. The Hall–Kier alpha value is -5.46. The summed E-state index contributed by atoms with van der Waals surface area (Å²) in [4.78, 5) is 0. The van der Waals surface area contributed by atoms with Gasteiger partial charge in [0, 0.05) is 22.0 Å². The molecule has 5 heterocycles. The normalized spacial score (nSPS) is 16.7. The minimum atomic E-state index is -1.69. The molecule has 8 aromatic rings. The Morgan fingerprint density at radius 3 is 2.38 bits per heavy atom. The number of rotatable bonds is 3. The highest BCUT2D eigenvalue weighted by molar-refractivity contribution is 6.88. The number of aryl methyl sites for hydroxylation is 1. The van der Waals surface area contributed by atoms with Crippen molar-refractivity contribution in [3.63, 3.8) is 0 Å². The summed E-state index contributed by atoms with van der Waals surface area (Å²) < 4.78 is 21.6. The molecular weight excluding hydrogens is 667 g/mol. The molecule has 0 bridgehead atoms. The fourth-order valence-electron chi connectivity index (χ4n) is 9.22. The fourth-order valence-corrected chi connectivity index (χ4v) is 11.0. The zero-order chi connectivity index (χ0) is 36.2.